The van der Waals surface area contributed by atoms with Gasteiger partial charge in [0.05, 0.1) is 0 Å². The Kier molecular flexibility index (Phi) is 4.10. The van der Waals surface area contributed by atoms with Crippen LogP contribution in [0.1, 0.15) is 18.4 Å². The van der Waals surface area contributed by atoms with Crippen LogP contribution in [0.3, 0.4) is 0 Å². The van der Waals surface area contributed by atoms with Crippen molar-refractivity contribution >= 4 is 22.7 Å². The normalized spacial score (nSPS) is 18.8. The Bertz CT molecular complexity index is 1260. The highest BCUT2D eigenvalue weighted by Gasteiger charge is 2.50. The number of benzene rings is 3. The largest absolute Gasteiger partial charge is 0.337 e. The molecule has 0 spiro atoms. The summed E-state index contributed by atoms with van der Waals surface area (Å²) in [5.41, 5.74) is 0.363. The molecule has 7 nitrogen and oxygen atoms in total. The van der Waals surface area contributed by atoms with Crippen molar-refractivity contribution in [2.24, 2.45) is 0 Å². The van der Waals surface area contributed by atoms with Crippen molar-refractivity contribution in [2.45, 2.75) is 19.0 Å². The molecule has 5 rings (SSSR count). The Hall–Kier alpha value is -4.00. The van der Waals surface area contributed by atoms with Gasteiger partial charge in [-0.25, -0.2) is 4.79 Å². The molecule has 0 radical (unpaired) electrons. The first kappa shape index (κ1) is 18.1. The summed E-state index contributed by atoms with van der Waals surface area (Å²) in [5, 5.41) is 8.72. The quantitative estimate of drug-likeness (QED) is 0.528. The van der Waals surface area contributed by atoms with E-state index in [-0.39, 0.29) is 18.3 Å². The molecule has 3 amide bonds. The lowest BCUT2D eigenvalue weighted by Gasteiger charge is -2.23. The van der Waals surface area contributed by atoms with Gasteiger partial charge < -0.3 is 9.84 Å². The van der Waals surface area contributed by atoms with Crippen molar-refractivity contribution < 1.29 is 14.1 Å². The van der Waals surface area contributed by atoms with E-state index < -0.39 is 11.6 Å². The summed E-state index contributed by atoms with van der Waals surface area (Å²) in [6, 6.07) is 22.4. The maximum atomic E-state index is 13.3. The number of hydrogen-bond acceptors (Lipinski definition) is 5. The highest BCUT2D eigenvalue weighted by atomic mass is 16.5. The SMILES string of the molecule is C[C@@]1(c2cccc3ccccc23)NC(=O)N(Cc2nc(-c3ccccc3)no2)C1=O. The highest BCUT2D eigenvalue weighted by Crippen LogP contribution is 2.34. The van der Waals surface area contributed by atoms with Gasteiger partial charge in [0.15, 0.2) is 0 Å². The van der Waals surface area contributed by atoms with Gasteiger partial charge in [0.1, 0.15) is 12.1 Å². The number of rotatable bonds is 4. The molecular weight excluding hydrogens is 380 g/mol. The predicted octanol–water partition coefficient (Wildman–Crippen LogP) is 3.86. The van der Waals surface area contributed by atoms with Crippen molar-refractivity contribution in [3.63, 3.8) is 0 Å². The van der Waals surface area contributed by atoms with E-state index in [1.807, 2.05) is 72.8 Å². The summed E-state index contributed by atoms with van der Waals surface area (Å²) in [5.74, 6) is 0.248. The molecule has 30 heavy (non-hydrogen) atoms. The van der Waals surface area contributed by atoms with Crippen LogP contribution in [0, 0.1) is 0 Å². The van der Waals surface area contributed by atoms with Gasteiger partial charge in [-0.2, -0.15) is 4.98 Å². The maximum Gasteiger partial charge on any atom is 0.325 e. The number of imide groups is 1. The van der Waals surface area contributed by atoms with Crippen LogP contribution < -0.4 is 5.32 Å². The van der Waals surface area contributed by atoms with E-state index >= 15 is 0 Å². The minimum atomic E-state index is -1.18. The summed E-state index contributed by atoms with van der Waals surface area (Å²) in [6.07, 6.45) is 0. The lowest BCUT2D eigenvalue weighted by atomic mass is 9.88. The molecule has 1 aliphatic heterocycles. The number of amides is 3. The number of hydrogen-bond donors (Lipinski definition) is 1. The maximum absolute atomic E-state index is 13.3. The molecule has 1 N–H and O–H groups in total. The van der Waals surface area contributed by atoms with Gasteiger partial charge in [-0.15, -0.1) is 0 Å². The number of nitrogens with zero attached hydrogens (tertiary/aromatic N) is 3. The monoisotopic (exact) mass is 398 g/mol. The summed E-state index contributed by atoms with van der Waals surface area (Å²) >= 11 is 0. The second-order valence-corrected chi connectivity index (χ2v) is 7.35. The smallest absolute Gasteiger partial charge is 0.325 e. The van der Waals surface area contributed by atoms with Gasteiger partial charge in [0, 0.05) is 5.56 Å². The molecule has 1 fully saturated rings. The minimum absolute atomic E-state index is 0.0924. The second-order valence-electron chi connectivity index (χ2n) is 7.35. The lowest BCUT2D eigenvalue weighted by molar-refractivity contribution is -0.131. The fourth-order valence-corrected chi connectivity index (χ4v) is 3.84. The van der Waals surface area contributed by atoms with Crippen molar-refractivity contribution in [3.8, 4) is 11.4 Å². The van der Waals surface area contributed by atoms with Crippen LogP contribution in [0.25, 0.3) is 22.2 Å². The third-order valence-corrected chi connectivity index (χ3v) is 5.40. The molecular formula is C23H18N4O3. The van der Waals surface area contributed by atoms with Gasteiger partial charge in [0.2, 0.25) is 11.7 Å². The number of carbonyl (C=O) groups excluding carboxylic acids is 2. The molecule has 1 saturated heterocycles. The third kappa shape index (κ3) is 2.83. The standard InChI is InChI=1S/C23H18N4O3/c1-23(18-13-7-11-15-8-5-6-12-17(15)18)21(28)27(22(29)25-23)14-19-24-20(26-30-19)16-9-3-2-4-10-16/h2-13H,14H2,1H3,(H,25,29)/t23-/m0/s1. The average molecular weight is 398 g/mol. The van der Waals surface area contributed by atoms with Crippen LogP contribution in [0.5, 0.6) is 0 Å². The Balaban J connectivity index is 1.45. The van der Waals surface area contributed by atoms with Crippen molar-refractivity contribution in [2.75, 3.05) is 0 Å². The topological polar surface area (TPSA) is 88.3 Å². The van der Waals surface area contributed by atoms with E-state index in [0.717, 1.165) is 26.8 Å². The molecule has 1 aromatic heterocycles. The Labute approximate surface area is 172 Å². The zero-order chi connectivity index (χ0) is 20.7. The summed E-state index contributed by atoms with van der Waals surface area (Å²) < 4.78 is 5.29. The van der Waals surface area contributed by atoms with Crippen LogP contribution in [0.4, 0.5) is 4.79 Å². The molecule has 7 heteroatoms. The van der Waals surface area contributed by atoms with E-state index in [1.54, 1.807) is 6.92 Å². The molecule has 0 saturated carbocycles. The van der Waals surface area contributed by atoms with Crippen molar-refractivity contribution in [3.05, 3.63) is 84.3 Å². The molecule has 0 bridgehead atoms. The Morgan fingerprint density at radius 2 is 1.70 bits per heavy atom. The number of urea groups is 1. The third-order valence-electron chi connectivity index (χ3n) is 5.40. The summed E-state index contributed by atoms with van der Waals surface area (Å²) in [6.45, 7) is 1.63. The first-order chi connectivity index (χ1) is 14.6. The Morgan fingerprint density at radius 3 is 2.53 bits per heavy atom. The highest BCUT2D eigenvalue weighted by molar-refractivity contribution is 6.09. The minimum Gasteiger partial charge on any atom is -0.337 e. The van der Waals surface area contributed by atoms with E-state index in [4.69, 9.17) is 4.52 Å². The van der Waals surface area contributed by atoms with E-state index in [2.05, 4.69) is 15.5 Å². The first-order valence-electron chi connectivity index (χ1n) is 9.56. The molecule has 148 valence electrons. The number of carbonyl (C=O) groups is 2. The van der Waals surface area contributed by atoms with Crippen LogP contribution in [0.15, 0.2) is 77.3 Å². The fraction of sp³-hybridized carbons (Fsp3) is 0.130. The lowest BCUT2D eigenvalue weighted by Crippen LogP contribution is -2.41. The number of aromatic nitrogens is 2. The van der Waals surface area contributed by atoms with Gasteiger partial charge in [-0.05, 0) is 23.3 Å². The first-order valence-corrected chi connectivity index (χ1v) is 9.56. The average Bonchev–Trinajstić information content (AvgIpc) is 3.33. The molecule has 3 aromatic carbocycles. The molecule has 0 unspecified atom stereocenters. The van der Waals surface area contributed by atoms with Crippen LogP contribution in [0.2, 0.25) is 0 Å². The second kappa shape index (κ2) is 6.81. The predicted molar refractivity (Wildman–Crippen MR) is 110 cm³/mol. The van der Waals surface area contributed by atoms with Gasteiger partial charge >= 0.3 is 6.03 Å². The molecule has 1 atom stereocenters. The fourth-order valence-electron chi connectivity index (χ4n) is 3.84. The van der Waals surface area contributed by atoms with E-state index in [9.17, 15) is 9.59 Å². The zero-order valence-corrected chi connectivity index (χ0v) is 16.2. The van der Waals surface area contributed by atoms with Crippen LogP contribution in [-0.2, 0) is 16.9 Å². The van der Waals surface area contributed by atoms with Gasteiger partial charge in [-0.1, -0.05) is 78.0 Å². The number of fused-ring (bicyclic) bond motifs is 1. The van der Waals surface area contributed by atoms with E-state index in [1.165, 1.54) is 0 Å². The number of nitrogens with one attached hydrogen (secondary N) is 1. The summed E-state index contributed by atoms with van der Waals surface area (Å²) in [4.78, 5) is 31.5. The molecule has 2 heterocycles. The Morgan fingerprint density at radius 1 is 0.967 bits per heavy atom. The van der Waals surface area contributed by atoms with E-state index in [0.29, 0.717) is 5.82 Å². The summed E-state index contributed by atoms with van der Waals surface area (Å²) in [7, 11) is 0. The van der Waals surface area contributed by atoms with Crippen molar-refractivity contribution in [1.82, 2.24) is 20.4 Å². The van der Waals surface area contributed by atoms with Crippen LogP contribution >= 0.6 is 0 Å². The van der Waals surface area contributed by atoms with Crippen molar-refractivity contribution in [1.29, 1.82) is 0 Å². The molecule has 1 aliphatic rings. The van der Waals surface area contributed by atoms with Crippen LogP contribution in [-0.4, -0.2) is 27.0 Å². The zero-order valence-electron chi connectivity index (χ0n) is 16.2. The van der Waals surface area contributed by atoms with Gasteiger partial charge in [-0.3, -0.25) is 9.69 Å². The van der Waals surface area contributed by atoms with Gasteiger partial charge in [0.25, 0.3) is 5.91 Å². The molecule has 4 aromatic rings. The molecule has 0 aliphatic carbocycles.